The molecule has 142 valence electrons. The number of hydrogen-bond acceptors (Lipinski definition) is 5. The predicted molar refractivity (Wildman–Crippen MR) is 104 cm³/mol. The number of benzene rings is 1. The zero-order valence-electron chi connectivity index (χ0n) is 15.7. The number of hydrogen-bond donors (Lipinski definition) is 1. The average Bonchev–Trinajstić information content (AvgIpc) is 2.68. The van der Waals surface area contributed by atoms with Gasteiger partial charge in [-0.3, -0.25) is 9.69 Å². The van der Waals surface area contributed by atoms with Crippen LogP contribution in [0.1, 0.15) is 24.1 Å². The molecule has 1 aromatic heterocycles. The molecule has 0 radical (unpaired) electrons. The number of rotatable bonds is 7. The van der Waals surface area contributed by atoms with E-state index in [1.165, 1.54) is 0 Å². The summed E-state index contributed by atoms with van der Waals surface area (Å²) in [5, 5.41) is 9.39. The van der Waals surface area contributed by atoms with Gasteiger partial charge in [-0.1, -0.05) is 18.2 Å². The molecule has 1 aliphatic rings. The number of nitriles is 1. The Kier molecular flexibility index (Phi) is 6.64. The molecule has 1 saturated heterocycles. The molecule has 6 heteroatoms. The van der Waals surface area contributed by atoms with Gasteiger partial charge in [-0.05, 0) is 38.4 Å². The van der Waals surface area contributed by atoms with E-state index in [0.29, 0.717) is 23.6 Å². The van der Waals surface area contributed by atoms with Crippen LogP contribution in [0.3, 0.4) is 0 Å². The second-order valence-electron chi connectivity index (χ2n) is 6.69. The fraction of sp³-hybridized carbons (Fsp3) is 0.429. The second-order valence-corrected chi connectivity index (χ2v) is 6.69. The summed E-state index contributed by atoms with van der Waals surface area (Å²) in [7, 11) is 0. The Balaban J connectivity index is 1.65. The highest BCUT2D eigenvalue weighted by molar-refractivity contribution is 5.75. The first-order valence-electron chi connectivity index (χ1n) is 9.35. The summed E-state index contributed by atoms with van der Waals surface area (Å²) in [6, 6.07) is 11.4. The summed E-state index contributed by atoms with van der Waals surface area (Å²) < 4.78 is 11.4. The Labute approximate surface area is 159 Å². The maximum Gasteiger partial charge on any atom is 0.266 e. The Morgan fingerprint density at radius 3 is 2.78 bits per heavy atom. The minimum absolute atomic E-state index is 0.115. The van der Waals surface area contributed by atoms with E-state index >= 15 is 0 Å². The first kappa shape index (κ1) is 19.2. The highest BCUT2D eigenvalue weighted by atomic mass is 16.5. The smallest absolute Gasteiger partial charge is 0.266 e. The van der Waals surface area contributed by atoms with Crippen LogP contribution in [0.2, 0.25) is 0 Å². The molecule has 2 aromatic rings. The van der Waals surface area contributed by atoms with Crippen molar-refractivity contribution in [2.75, 3.05) is 39.5 Å². The van der Waals surface area contributed by atoms with Crippen molar-refractivity contribution < 1.29 is 9.47 Å². The Morgan fingerprint density at radius 2 is 2.00 bits per heavy atom. The van der Waals surface area contributed by atoms with Crippen molar-refractivity contribution in [3.8, 4) is 22.9 Å². The van der Waals surface area contributed by atoms with E-state index < -0.39 is 0 Å². The van der Waals surface area contributed by atoms with Crippen LogP contribution in [0.5, 0.6) is 5.75 Å². The van der Waals surface area contributed by atoms with Crippen LogP contribution in [0, 0.1) is 18.3 Å². The number of para-hydroxylation sites is 1. The molecule has 2 heterocycles. The molecule has 1 fully saturated rings. The van der Waals surface area contributed by atoms with Crippen LogP contribution in [-0.2, 0) is 4.74 Å². The van der Waals surface area contributed by atoms with Gasteiger partial charge in [-0.25, -0.2) is 0 Å². The number of pyridine rings is 1. The van der Waals surface area contributed by atoms with Gasteiger partial charge < -0.3 is 14.5 Å². The zero-order chi connectivity index (χ0) is 19.1. The minimum atomic E-state index is -0.368. The van der Waals surface area contributed by atoms with E-state index in [1.54, 1.807) is 6.92 Å². The van der Waals surface area contributed by atoms with Gasteiger partial charge in [0.05, 0.1) is 19.8 Å². The van der Waals surface area contributed by atoms with Gasteiger partial charge in [-0.2, -0.15) is 5.26 Å². The first-order chi connectivity index (χ1) is 13.2. The van der Waals surface area contributed by atoms with Crippen molar-refractivity contribution in [1.29, 1.82) is 5.26 Å². The fourth-order valence-electron chi connectivity index (χ4n) is 3.27. The van der Waals surface area contributed by atoms with Crippen LogP contribution < -0.4 is 10.3 Å². The first-order valence-corrected chi connectivity index (χ1v) is 9.35. The van der Waals surface area contributed by atoms with Gasteiger partial charge >= 0.3 is 0 Å². The molecule has 3 rings (SSSR count). The number of unbranched alkanes of at least 4 members (excludes halogenated alkanes) is 1. The zero-order valence-corrected chi connectivity index (χ0v) is 15.7. The van der Waals surface area contributed by atoms with E-state index in [4.69, 9.17) is 9.47 Å². The van der Waals surface area contributed by atoms with Crippen LogP contribution in [-0.4, -0.2) is 49.3 Å². The summed E-state index contributed by atoms with van der Waals surface area (Å²) >= 11 is 0. The van der Waals surface area contributed by atoms with Crippen LogP contribution >= 0.6 is 0 Å². The minimum Gasteiger partial charge on any atom is -0.493 e. The number of nitrogens with zero attached hydrogens (tertiary/aromatic N) is 2. The lowest BCUT2D eigenvalue weighted by molar-refractivity contribution is 0.0368. The number of nitrogens with one attached hydrogen (secondary N) is 1. The third-order valence-electron chi connectivity index (χ3n) is 4.69. The molecular formula is C21H25N3O3. The number of aryl methyl sites for hydroxylation is 1. The van der Waals surface area contributed by atoms with E-state index in [9.17, 15) is 10.1 Å². The lowest BCUT2D eigenvalue weighted by Gasteiger charge is -2.26. The van der Waals surface area contributed by atoms with Gasteiger partial charge in [0.1, 0.15) is 17.4 Å². The molecule has 0 atom stereocenters. The summed E-state index contributed by atoms with van der Waals surface area (Å²) in [6.45, 7) is 7.11. The fourth-order valence-corrected chi connectivity index (χ4v) is 3.27. The molecule has 1 N–H and O–H groups in total. The monoisotopic (exact) mass is 367 g/mol. The van der Waals surface area contributed by atoms with E-state index in [0.717, 1.165) is 51.3 Å². The number of H-pyrrole nitrogens is 1. The summed E-state index contributed by atoms with van der Waals surface area (Å²) in [5.74, 6) is 0.699. The largest absolute Gasteiger partial charge is 0.493 e. The Morgan fingerprint density at radius 1 is 1.22 bits per heavy atom. The number of ether oxygens (including phenoxy) is 2. The average molecular weight is 367 g/mol. The maximum absolute atomic E-state index is 12.1. The lowest BCUT2D eigenvalue weighted by atomic mass is 10.00. The number of aromatic amines is 1. The van der Waals surface area contributed by atoms with Crippen molar-refractivity contribution >= 4 is 0 Å². The number of aromatic nitrogens is 1. The van der Waals surface area contributed by atoms with Crippen LogP contribution in [0.25, 0.3) is 11.1 Å². The van der Waals surface area contributed by atoms with Gasteiger partial charge in [0, 0.05) is 29.9 Å². The second kappa shape index (κ2) is 9.36. The molecule has 0 amide bonds. The van der Waals surface area contributed by atoms with Gasteiger partial charge in [0.25, 0.3) is 5.56 Å². The van der Waals surface area contributed by atoms with E-state index in [1.807, 2.05) is 36.4 Å². The molecule has 0 spiro atoms. The molecule has 27 heavy (non-hydrogen) atoms. The standard InChI is InChI=1S/C21H25N3O3/c1-16-14-18(19(15-22)21(25)23-16)17-6-2-3-7-20(17)27-11-5-4-8-24-9-12-26-13-10-24/h2-3,6-7,14H,4-5,8-13H2,1H3,(H,23,25). The van der Waals surface area contributed by atoms with Crippen LogP contribution in [0.4, 0.5) is 0 Å². The quantitative estimate of drug-likeness (QED) is 0.761. The Bertz CT molecular complexity index is 864. The summed E-state index contributed by atoms with van der Waals surface area (Å²) in [5.41, 5.74) is 1.85. The van der Waals surface area contributed by atoms with Gasteiger partial charge in [-0.15, -0.1) is 0 Å². The topological polar surface area (TPSA) is 78.3 Å². The SMILES string of the molecule is Cc1cc(-c2ccccc2OCCCCN2CCOCC2)c(C#N)c(=O)[nH]1. The van der Waals surface area contributed by atoms with Crippen molar-refractivity contribution in [3.63, 3.8) is 0 Å². The van der Waals surface area contributed by atoms with E-state index in [2.05, 4.69) is 9.88 Å². The van der Waals surface area contributed by atoms with Gasteiger partial charge in [0.2, 0.25) is 0 Å². The molecular weight excluding hydrogens is 342 g/mol. The summed E-state index contributed by atoms with van der Waals surface area (Å²) in [4.78, 5) is 17.2. The maximum atomic E-state index is 12.1. The van der Waals surface area contributed by atoms with Crippen molar-refractivity contribution in [1.82, 2.24) is 9.88 Å². The number of morpholine rings is 1. The van der Waals surface area contributed by atoms with Crippen LogP contribution in [0.15, 0.2) is 35.1 Å². The normalized spacial score (nSPS) is 14.7. The predicted octanol–water partition coefficient (Wildman–Crippen LogP) is 2.71. The highest BCUT2D eigenvalue weighted by Gasteiger charge is 2.14. The molecule has 0 aliphatic carbocycles. The molecule has 0 saturated carbocycles. The Hall–Kier alpha value is -2.62. The molecule has 6 nitrogen and oxygen atoms in total. The van der Waals surface area contributed by atoms with Gasteiger partial charge in [0.15, 0.2) is 0 Å². The lowest BCUT2D eigenvalue weighted by Crippen LogP contribution is -2.36. The highest BCUT2D eigenvalue weighted by Crippen LogP contribution is 2.31. The molecule has 1 aromatic carbocycles. The van der Waals surface area contributed by atoms with Crippen molar-refractivity contribution in [2.45, 2.75) is 19.8 Å². The molecule has 1 aliphatic heterocycles. The summed E-state index contributed by atoms with van der Waals surface area (Å²) in [6.07, 6.45) is 2.01. The molecule has 0 bridgehead atoms. The molecule has 0 unspecified atom stereocenters. The third kappa shape index (κ3) is 4.97. The third-order valence-corrected chi connectivity index (χ3v) is 4.69. The van der Waals surface area contributed by atoms with Crippen molar-refractivity contribution in [2.24, 2.45) is 0 Å². The van der Waals surface area contributed by atoms with Crippen molar-refractivity contribution in [3.05, 3.63) is 51.9 Å². The van der Waals surface area contributed by atoms with E-state index in [-0.39, 0.29) is 11.1 Å².